The molecule has 3 rings (SSSR count). The molecule has 0 atom stereocenters. The molecule has 0 fully saturated rings. The number of benzene rings is 3. The molecule has 0 spiro atoms. The van der Waals surface area contributed by atoms with Crippen molar-refractivity contribution >= 4 is 0 Å². The Morgan fingerprint density at radius 2 is 1.69 bits per heavy atom. The third-order valence-corrected chi connectivity index (χ3v) is 4.33. The van der Waals surface area contributed by atoms with Crippen molar-refractivity contribution in [2.75, 3.05) is 14.2 Å². The maximum absolute atomic E-state index is 5.84. The highest BCUT2D eigenvalue weighted by Crippen LogP contribution is 2.29. The molecule has 0 aliphatic heterocycles. The molecular weight excluding hydrogens is 360 g/mol. The van der Waals surface area contributed by atoms with Crippen LogP contribution in [0.4, 0.5) is 0 Å². The molecule has 0 heterocycles. The molecule has 0 bridgehead atoms. The Balaban J connectivity index is 1.93. The van der Waals surface area contributed by atoms with Crippen molar-refractivity contribution in [1.29, 1.82) is 0 Å². The summed E-state index contributed by atoms with van der Waals surface area (Å²) in [7, 11) is 3.30. The van der Waals surface area contributed by atoms with Gasteiger partial charge in [-0.05, 0) is 61.7 Å². The summed E-state index contributed by atoms with van der Waals surface area (Å²) in [6, 6.07) is 23.1. The van der Waals surface area contributed by atoms with Crippen molar-refractivity contribution in [2.45, 2.75) is 26.4 Å². The fourth-order valence-corrected chi connectivity index (χ4v) is 2.95. The first-order valence-corrected chi connectivity index (χ1v) is 9.58. The first kappa shape index (κ1) is 20.4. The summed E-state index contributed by atoms with van der Waals surface area (Å²) in [5.41, 5.74) is 4.01. The zero-order valence-electron chi connectivity index (χ0n) is 17.3. The largest absolute Gasteiger partial charge is 0.497 e. The molecule has 1 radical (unpaired) electrons. The normalized spacial score (nSPS) is 10.2. The Labute approximate surface area is 173 Å². The summed E-state index contributed by atoms with van der Waals surface area (Å²) >= 11 is 0. The lowest BCUT2D eigenvalue weighted by Gasteiger charge is -2.13. The van der Waals surface area contributed by atoms with Crippen LogP contribution in [-0.2, 0) is 6.42 Å². The van der Waals surface area contributed by atoms with Gasteiger partial charge in [0.1, 0.15) is 5.75 Å². The van der Waals surface area contributed by atoms with Gasteiger partial charge in [-0.3, -0.25) is 0 Å². The monoisotopic (exact) mass is 385 g/mol. The van der Waals surface area contributed by atoms with E-state index in [0.29, 0.717) is 11.5 Å². The molecule has 0 amide bonds. The van der Waals surface area contributed by atoms with E-state index in [1.165, 1.54) is 5.56 Å². The van der Waals surface area contributed by atoms with Gasteiger partial charge in [-0.1, -0.05) is 42.2 Å². The van der Waals surface area contributed by atoms with Gasteiger partial charge >= 0.3 is 0 Å². The van der Waals surface area contributed by atoms with Gasteiger partial charge in [-0.2, -0.15) is 0 Å². The topological polar surface area (TPSA) is 27.7 Å². The van der Waals surface area contributed by atoms with Gasteiger partial charge < -0.3 is 14.2 Å². The fourth-order valence-electron chi connectivity index (χ4n) is 2.95. The predicted octanol–water partition coefficient (Wildman–Crippen LogP) is 5.28. The summed E-state index contributed by atoms with van der Waals surface area (Å²) in [5, 5.41) is 0. The van der Waals surface area contributed by atoms with Crippen LogP contribution in [0.25, 0.3) is 0 Å². The Hall–Kier alpha value is -3.38. The molecular formula is C26H25O3. The van der Waals surface area contributed by atoms with Crippen LogP contribution in [0.3, 0.4) is 0 Å². The smallest absolute Gasteiger partial charge is 0.162 e. The maximum atomic E-state index is 5.84. The van der Waals surface area contributed by atoms with E-state index in [9.17, 15) is 0 Å². The third kappa shape index (κ3) is 5.56. The number of hydrogen-bond donors (Lipinski definition) is 0. The van der Waals surface area contributed by atoms with Gasteiger partial charge in [-0.25, -0.2) is 0 Å². The zero-order chi connectivity index (χ0) is 20.6. The lowest BCUT2D eigenvalue weighted by atomic mass is 9.99. The van der Waals surface area contributed by atoms with E-state index in [-0.39, 0.29) is 6.10 Å². The van der Waals surface area contributed by atoms with Gasteiger partial charge in [0, 0.05) is 17.2 Å². The number of methoxy groups -OCH3 is 2. The van der Waals surface area contributed by atoms with Crippen LogP contribution >= 0.6 is 0 Å². The second kappa shape index (κ2) is 9.71. The SMILES string of the molecule is COc1c[c]c(C#Cc2ccc(OC)c(OC(C)C)c2)c(Cc2ccccc2)c1. The fraction of sp³-hybridized carbons (Fsp3) is 0.231. The van der Waals surface area contributed by atoms with Gasteiger partial charge in [0.15, 0.2) is 11.5 Å². The highest BCUT2D eigenvalue weighted by molar-refractivity contribution is 5.53. The highest BCUT2D eigenvalue weighted by atomic mass is 16.5. The molecule has 0 saturated heterocycles. The summed E-state index contributed by atoms with van der Waals surface area (Å²) < 4.78 is 16.6. The molecule has 0 aromatic heterocycles. The molecule has 3 aromatic carbocycles. The Bertz CT molecular complexity index is 1010. The number of hydrogen-bond acceptors (Lipinski definition) is 3. The van der Waals surface area contributed by atoms with Crippen molar-refractivity contribution in [3.8, 4) is 29.1 Å². The number of ether oxygens (including phenoxy) is 3. The quantitative estimate of drug-likeness (QED) is 0.540. The van der Waals surface area contributed by atoms with Crippen molar-refractivity contribution in [2.24, 2.45) is 0 Å². The third-order valence-electron chi connectivity index (χ3n) is 4.33. The van der Waals surface area contributed by atoms with E-state index in [2.05, 4.69) is 30.0 Å². The van der Waals surface area contributed by atoms with Crippen molar-refractivity contribution in [3.05, 3.63) is 89.0 Å². The Kier molecular flexibility index (Phi) is 6.81. The summed E-state index contributed by atoms with van der Waals surface area (Å²) in [6.07, 6.45) is 0.822. The maximum Gasteiger partial charge on any atom is 0.162 e. The van der Waals surface area contributed by atoms with E-state index in [0.717, 1.165) is 28.9 Å². The van der Waals surface area contributed by atoms with Crippen LogP contribution in [0, 0.1) is 17.9 Å². The van der Waals surface area contributed by atoms with Crippen molar-refractivity contribution < 1.29 is 14.2 Å². The highest BCUT2D eigenvalue weighted by Gasteiger charge is 2.08. The standard InChI is InChI=1S/C26H25O3/c1-19(2)29-26-17-21(11-15-25(26)28-4)10-12-22-13-14-24(27-3)18-23(22)16-20-8-6-5-7-9-20/h5-9,11,14-15,17-19H,16H2,1-4H3. The molecule has 0 aliphatic carbocycles. The Morgan fingerprint density at radius 1 is 0.897 bits per heavy atom. The van der Waals surface area contributed by atoms with E-state index in [1.807, 2.05) is 62.4 Å². The minimum atomic E-state index is 0.0551. The minimum Gasteiger partial charge on any atom is -0.497 e. The van der Waals surface area contributed by atoms with E-state index >= 15 is 0 Å². The van der Waals surface area contributed by atoms with Crippen LogP contribution in [0.2, 0.25) is 0 Å². The second-order valence-electron chi connectivity index (χ2n) is 6.88. The number of rotatable bonds is 6. The van der Waals surface area contributed by atoms with Crippen LogP contribution in [-0.4, -0.2) is 20.3 Å². The van der Waals surface area contributed by atoms with Gasteiger partial charge in [0.05, 0.1) is 20.3 Å². The lowest BCUT2D eigenvalue weighted by Crippen LogP contribution is -2.06. The molecule has 0 saturated carbocycles. The average molecular weight is 385 g/mol. The molecule has 3 heteroatoms. The molecule has 0 unspecified atom stereocenters. The minimum absolute atomic E-state index is 0.0551. The molecule has 0 N–H and O–H groups in total. The van der Waals surface area contributed by atoms with E-state index in [1.54, 1.807) is 14.2 Å². The van der Waals surface area contributed by atoms with Crippen LogP contribution < -0.4 is 14.2 Å². The average Bonchev–Trinajstić information content (AvgIpc) is 2.73. The van der Waals surface area contributed by atoms with Crippen molar-refractivity contribution in [3.63, 3.8) is 0 Å². The summed E-state index contributed by atoms with van der Waals surface area (Å²) in [5.74, 6) is 8.66. The predicted molar refractivity (Wildman–Crippen MR) is 116 cm³/mol. The van der Waals surface area contributed by atoms with Gasteiger partial charge in [0.25, 0.3) is 0 Å². The van der Waals surface area contributed by atoms with E-state index < -0.39 is 0 Å². The van der Waals surface area contributed by atoms with Gasteiger partial charge in [-0.15, -0.1) is 0 Å². The van der Waals surface area contributed by atoms with Crippen LogP contribution in [0.1, 0.15) is 36.1 Å². The lowest BCUT2D eigenvalue weighted by molar-refractivity contribution is 0.230. The second-order valence-corrected chi connectivity index (χ2v) is 6.88. The Morgan fingerprint density at radius 3 is 2.38 bits per heavy atom. The van der Waals surface area contributed by atoms with E-state index in [4.69, 9.17) is 14.2 Å². The first-order valence-electron chi connectivity index (χ1n) is 9.58. The summed E-state index contributed by atoms with van der Waals surface area (Å²) in [6.45, 7) is 3.97. The van der Waals surface area contributed by atoms with Gasteiger partial charge in [0.2, 0.25) is 0 Å². The zero-order valence-corrected chi connectivity index (χ0v) is 17.3. The first-order chi connectivity index (χ1) is 14.1. The molecule has 147 valence electrons. The van der Waals surface area contributed by atoms with Crippen molar-refractivity contribution in [1.82, 2.24) is 0 Å². The van der Waals surface area contributed by atoms with Crippen LogP contribution in [0.15, 0.2) is 60.7 Å². The van der Waals surface area contributed by atoms with Crippen LogP contribution in [0.5, 0.6) is 17.2 Å². The summed E-state index contributed by atoms with van der Waals surface area (Å²) in [4.78, 5) is 0. The molecule has 3 nitrogen and oxygen atoms in total. The molecule has 3 aromatic rings. The molecule has 29 heavy (non-hydrogen) atoms. The molecule has 0 aliphatic rings.